The van der Waals surface area contributed by atoms with E-state index in [4.69, 9.17) is 5.73 Å². The molecular weight excluding hydrogens is 225 g/mol. The van der Waals surface area contributed by atoms with Crippen LogP contribution < -0.4 is 18.1 Å². The van der Waals surface area contributed by atoms with Crippen molar-refractivity contribution in [2.75, 3.05) is 0 Å². The molecule has 0 aromatic heterocycles. The van der Waals surface area contributed by atoms with Crippen LogP contribution in [0.1, 0.15) is 17.2 Å². The van der Waals surface area contributed by atoms with Crippen molar-refractivity contribution in [3.63, 3.8) is 0 Å². The average Bonchev–Trinajstić information content (AvgIpc) is 2.30. The van der Waals surface area contributed by atoms with Gasteiger partial charge in [-0.2, -0.15) is 0 Å². The third-order valence-corrected chi connectivity index (χ3v) is 2.39. The Kier molecular flexibility index (Phi) is 4.47. The maximum Gasteiger partial charge on any atom is 0.123 e. The van der Waals surface area contributed by atoms with Crippen molar-refractivity contribution >= 4 is 0 Å². The van der Waals surface area contributed by atoms with E-state index >= 15 is 0 Å². The summed E-state index contributed by atoms with van der Waals surface area (Å²) in [6, 6.07) is 15.9. The van der Waals surface area contributed by atoms with Gasteiger partial charge in [0, 0.05) is 0 Å². The largest absolute Gasteiger partial charge is 1.00 e. The van der Waals surface area contributed by atoms with Crippen LogP contribution in [0.5, 0.6) is 0 Å². The predicted octanol–water partition coefficient (Wildman–Crippen LogP) is -0.122. The number of benzene rings is 2. The van der Waals surface area contributed by atoms with Gasteiger partial charge in [-0.3, -0.25) is 0 Å². The Balaban J connectivity index is 0.00000128. The van der Waals surface area contributed by atoms with Crippen molar-refractivity contribution in [2.24, 2.45) is 5.73 Å². The van der Waals surface area contributed by atoms with E-state index in [9.17, 15) is 4.39 Å². The van der Waals surface area contributed by atoms with Crippen LogP contribution in [0.2, 0.25) is 0 Å². The zero-order valence-corrected chi connectivity index (χ0v) is 9.36. The normalized spacial score (nSPS) is 11.6. The Labute approximate surface area is 101 Å². The van der Waals surface area contributed by atoms with Crippen LogP contribution in [0.25, 0.3) is 0 Å². The Hall–Kier alpha value is -1.38. The van der Waals surface area contributed by atoms with E-state index in [1.807, 2.05) is 30.3 Å². The fraction of sp³-hybridized carbons (Fsp3) is 0.0769. The lowest BCUT2D eigenvalue weighted by atomic mass is 10.00. The number of hydrogen-bond acceptors (Lipinski definition) is 1. The van der Waals surface area contributed by atoms with Gasteiger partial charge in [0.05, 0.1) is 6.04 Å². The molecule has 3 heteroatoms. The topological polar surface area (TPSA) is 26.0 Å². The fourth-order valence-corrected chi connectivity index (χ4v) is 1.52. The van der Waals surface area contributed by atoms with E-state index in [0.717, 1.165) is 11.1 Å². The first kappa shape index (κ1) is 12.7. The molecule has 1 atom stereocenters. The molecule has 0 radical (unpaired) electrons. The highest BCUT2D eigenvalue weighted by Gasteiger charge is 2.07. The Bertz CT molecular complexity index is 427. The lowest BCUT2D eigenvalue weighted by molar-refractivity contribution is -0.00000368. The molecule has 2 aromatic rings. The highest BCUT2D eigenvalue weighted by molar-refractivity contribution is 5.31. The minimum Gasteiger partial charge on any atom is -1.00 e. The molecule has 0 heterocycles. The van der Waals surface area contributed by atoms with Gasteiger partial charge in [0.15, 0.2) is 0 Å². The summed E-state index contributed by atoms with van der Waals surface area (Å²) in [6.45, 7) is 0. The molecule has 16 heavy (non-hydrogen) atoms. The van der Waals surface area contributed by atoms with Gasteiger partial charge < -0.3 is 18.1 Å². The molecule has 0 fully saturated rings. The van der Waals surface area contributed by atoms with Gasteiger partial charge in [0.1, 0.15) is 5.82 Å². The van der Waals surface area contributed by atoms with Crippen molar-refractivity contribution in [3.8, 4) is 0 Å². The highest BCUT2D eigenvalue weighted by atomic mass is 35.5. The van der Waals surface area contributed by atoms with Crippen molar-refractivity contribution in [3.05, 3.63) is 71.5 Å². The quantitative estimate of drug-likeness (QED) is 0.773. The van der Waals surface area contributed by atoms with Crippen LogP contribution in [-0.2, 0) is 0 Å². The van der Waals surface area contributed by atoms with Gasteiger partial charge in [-0.1, -0.05) is 42.5 Å². The number of nitrogens with two attached hydrogens (primary N) is 1. The highest BCUT2D eigenvalue weighted by Crippen LogP contribution is 2.19. The molecule has 0 spiro atoms. The molecule has 1 unspecified atom stereocenters. The Morgan fingerprint density at radius 2 is 1.31 bits per heavy atom. The summed E-state index contributed by atoms with van der Waals surface area (Å²) in [7, 11) is 0. The maximum atomic E-state index is 12.7. The van der Waals surface area contributed by atoms with E-state index in [-0.39, 0.29) is 24.3 Å². The molecule has 0 aliphatic rings. The third kappa shape index (κ3) is 2.81. The van der Waals surface area contributed by atoms with E-state index in [1.54, 1.807) is 12.1 Å². The minimum atomic E-state index is -0.237. The van der Waals surface area contributed by atoms with Gasteiger partial charge in [0.2, 0.25) is 0 Å². The molecule has 84 valence electrons. The van der Waals surface area contributed by atoms with Gasteiger partial charge >= 0.3 is 0 Å². The second-order valence-corrected chi connectivity index (χ2v) is 3.44. The van der Waals surface area contributed by atoms with Crippen LogP contribution in [0.15, 0.2) is 54.6 Å². The number of halogens is 2. The van der Waals surface area contributed by atoms with E-state index in [1.165, 1.54) is 12.1 Å². The molecule has 0 saturated carbocycles. The molecule has 0 saturated heterocycles. The lowest BCUT2D eigenvalue weighted by Crippen LogP contribution is -3.00. The molecule has 0 bridgehead atoms. The van der Waals surface area contributed by atoms with Crippen LogP contribution >= 0.6 is 0 Å². The van der Waals surface area contributed by atoms with Crippen molar-refractivity contribution in [1.29, 1.82) is 0 Å². The van der Waals surface area contributed by atoms with Crippen LogP contribution in [-0.4, -0.2) is 0 Å². The van der Waals surface area contributed by atoms with Gasteiger partial charge in [-0.15, -0.1) is 0 Å². The molecule has 0 aliphatic heterocycles. The standard InChI is InChI=1S/C13H12FN.ClH/c14-12-8-6-11(7-9-12)13(15)10-4-2-1-3-5-10;/h1-9,13H,15H2;1H/p-1. The zero-order valence-electron chi connectivity index (χ0n) is 8.61. The zero-order chi connectivity index (χ0) is 10.7. The Morgan fingerprint density at radius 1 is 0.812 bits per heavy atom. The first-order valence-electron chi connectivity index (χ1n) is 4.83. The molecule has 0 amide bonds. The third-order valence-electron chi connectivity index (χ3n) is 2.39. The molecular formula is C13H12ClFN-. The smallest absolute Gasteiger partial charge is 0.123 e. The molecule has 2 N–H and O–H groups in total. The second-order valence-electron chi connectivity index (χ2n) is 3.44. The summed E-state index contributed by atoms with van der Waals surface area (Å²) in [6.07, 6.45) is 0. The predicted molar refractivity (Wildman–Crippen MR) is 58.9 cm³/mol. The number of rotatable bonds is 2. The second kappa shape index (κ2) is 5.64. The maximum absolute atomic E-state index is 12.7. The van der Waals surface area contributed by atoms with Crippen molar-refractivity contribution in [2.45, 2.75) is 6.04 Å². The summed E-state index contributed by atoms with van der Waals surface area (Å²) in [5.74, 6) is -0.237. The number of hydrogen-bond donors (Lipinski definition) is 1. The van der Waals surface area contributed by atoms with Crippen molar-refractivity contribution in [1.82, 2.24) is 0 Å². The summed E-state index contributed by atoms with van der Waals surface area (Å²) < 4.78 is 12.7. The minimum absolute atomic E-state index is 0. The van der Waals surface area contributed by atoms with E-state index < -0.39 is 0 Å². The van der Waals surface area contributed by atoms with Gasteiger partial charge in [-0.05, 0) is 23.3 Å². The van der Waals surface area contributed by atoms with Crippen LogP contribution in [0.3, 0.4) is 0 Å². The molecule has 1 nitrogen and oxygen atoms in total. The first-order chi connectivity index (χ1) is 7.27. The lowest BCUT2D eigenvalue weighted by Gasteiger charge is -2.11. The van der Waals surface area contributed by atoms with Gasteiger partial charge in [-0.25, -0.2) is 4.39 Å². The summed E-state index contributed by atoms with van der Waals surface area (Å²) >= 11 is 0. The Morgan fingerprint density at radius 3 is 1.88 bits per heavy atom. The van der Waals surface area contributed by atoms with Crippen LogP contribution in [0, 0.1) is 5.82 Å². The molecule has 2 rings (SSSR count). The summed E-state index contributed by atoms with van der Waals surface area (Å²) in [5, 5.41) is 0. The molecule has 0 aliphatic carbocycles. The van der Waals surface area contributed by atoms with E-state index in [0.29, 0.717) is 0 Å². The summed E-state index contributed by atoms with van der Waals surface area (Å²) in [4.78, 5) is 0. The van der Waals surface area contributed by atoms with Crippen molar-refractivity contribution < 1.29 is 16.8 Å². The fourth-order valence-electron chi connectivity index (χ4n) is 1.52. The SMILES string of the molecule is NC(c1ccccc1)c1ccc(F)cc1.[Cl-]. The monoisotopic (exact) mass is 236 g/mol. The first-order valence-corrected chi connectivity index (χ1v) is 4.83. The molecule has 2 aromatic carbocycles. The van der Waals surface area contributed by atoms with E-state index in [2.05, 4.69) is 0 Å². The average molecular weight is 237 g/mol. The summed E-state index contributed by atoms with van der Waals surface area (Å²) in [5.41, 5.74) is 7.99. The van der Waals surface area contributed by atoms with Crippen LogP contribution in [0.4, 0.5) is 4.39 Å². The van der Waals surface area contributed by atoms with Gasteiger partial charge in [0.25, 0.3) is 0 Å².